The van der Waals surface area contributed by atoms with Gasteiger partial charge in [0.25, 0.3) is 0 Å². The summed E-state index contributed by atoms with van der Waals surface area (Å²) in [5, 5.41) is 3.33. The number of hydrogen-bond donors (Lipinski definition) is 1. The van der Waals surface area contributed by atoms with Crippen LogP contribution in [-0.4, -0.2) is 26.8 Å². The summed E-state index contributed by atoms with van der Waals surface area (Å²) in [4.78, 5) is 0. The maximum atomic E-state index is 5.78. The van der Waals surface area contributed by atoms with Crippen LogP contribution < -0.4 is 14.8 Å². The van der Waals surface area contributed by atoms with Crippen LogP contribution in [0.15, 0.2) is 22.7 Å². The number of benzene rings is 1. The highest BCUT2D eigenvalue weighted by Crippen LogP contribution is 2.29. The zero-order valence-corrected chi connectivity index (χ0v) is 10.9. The van der Waals surface area contributed by atoms with Crippen LogP contribution in [0.4, 0.5) is 0 Å². The molecule has 0 aromatic heterocycles. The van der Waals surface area contributed by atoms with Crippen LogP contribution in [-0.2, 0) is 0 Å². The molecule has 3 nitrogen and oxygen atoms in total. The van der Waals surface area contributed by atoms with Crippen molar-refractivity contribution in [2.75, 3.05) is 26.8 Å². The van der Waals surface area contributed by atoms with Crippen LogP contribution in [0.1, 0.15) is 6.42 Å². The molecule has 0 aliphatic carbocycles. The lowest BCUT2D eigenvalue weighted by Crippen LogP contribution is -2.15. The van der Waals surface area contributed by atoms with Crippen molar-refractivity contribution in [2.45, 2.75) is 6.42 Å². The van der Waals surface area contributed by atoms with Gasteiger partial charge in [-0.2, -0.15) is 0 Å². The van der Waals surface area contributed by atoms with Crippen molar-refractivity contribution in [3.63, 3.8) is 0 Å². The van der Waals surface area contributed by atoms with E-state index in [9.17, 15) is 0 Å². The third-order valence-electron chi connectivity index (χ3n) is 2.78. The molecule has 0 unspecified atom stereocenters. The minimum absolute atomic E-state index is 0.633. The van der Waals surface area contributed by atoms with Crippen molar-refractivity contribution in [2.24, 2.45) is 5.92 Å². The van der Waals surface area contributed by atoms with Gasteiger partial charge in [0.15, 0.2) is 0 Å². The summed E-state index contributed by atoms with van der Waals surface area (Å²) < 4.78 is 11.9. The fraction of sp³-hybridized carbons (Fsp3) is 0.500. The lowest BCUT2D eigenvalue weighted by atomic mass is 10.1. The average Bonchev–Trinajstić information content (AvgIpc) is 2.80. The molecule has 1 fully saturated rings. The molecule has 16 heavy (non-hydrogen) atoms. The predicted molar refractivity (Wildman–Crippen MR) is 67.2 cm³/mol. The first-order valence-corrected chi connectivity index (χ1v) is 6.26. The van der Waals surface area contributed by atoms with Crippen LogP contribution in [0.25, 0.3) is 0 Å². The van der Waals surface area contributed by atoms with E-state index in [-0.39, 0.29) is 0 Å². The minimum Gasteiger partial charge on any atom is -0.497 e. The third kappa shape index (κ3) is 2.89. The van der Waals surface area contributed by atoms with Gasteiger partial charge < -0.3 is 14.8 Å². The van der Waals surface area contributed by atoms with Crippen LogP contribution >= 0.6 is 15.9 Å². The van der Waals surface area contributed by atoms with E-state index in [0.717, 1.165) is 35.7 Å². The molecule has 1 aromatic rings. The molecule has 0 bridgehead atoms. The first-order valence-electron chi connectivity index (χ1n) is 5.46. The molecule has 0 saturated carbocycles. The first-order chi connectivity index (χ1) is 7.79. The number of rotatable bonds is 4. The molecule has 4 heteroatoms. The molecule has 88 valence electrons. The summed E-state index contributed by atoms with van der Waals surface area (Å²) in [6.07, 6.45) is 1.20. The van der Waals surface area contributed by atoms with Crippen LogP contribution in [0.5, 0.6) is 11.5 Å². The van der Waals surface area contributed by atoms with Crippen molar-refractivity contribution in [1.82, 2.24) is 5.32 Å². The molecule has 1 saturated heterocycles. The second kappa shape index (κ2) is 5.55. The Balaban J connectivity index is 1.93. The molecule has 0 radical (unpaired) electrons. The van der Waals surface area contributed by atoms with Gasteiger partial charge in [-0.3, -0.25) is 0 Å². The van der Waals surface area contributed by atoms with Crippen LogP contribution in [0.3, 0.4) is 0 Å². The Labute approximate surface area is 104 Å². The molecule has 1 N–H and O–H groups in total. The second-order valence-electron chi connectivity index (χ2n) is 3.97. The van der Waals surface area contributed by atoms with E-state index >= 15 is 0 Å². The van der Waals surface area contributed by atoms with Crippen LogP contribution in [0, 0.1) is 5.92 Å². The van der Waals surface area contributed by atoms with Gasteiger partial charge in [-0.25, -0.2) is 0 Å². The lowest BCUT2D eigenvalue weighted by Gasteiger charge is -2.12. The predicted octanol–water partition coefficient (Wildman–Crippen LogP) is 2.45. The zero-order valence-electron chi connectivity index (χ0n) is 9.33. The Morgan fingerprint density at radius 2 is 2.38 bits per heavy atom. The normalized spacial score (nSPS) is 19.8. The molecule has 1 heterocycles. The molecular weight excluding hydrogens is 270 g/mol. The van der Waals surface area contributed by atoms with E-state index < -0.39 is 0 Å². The van der Waals surface area contributed by atoms with Crippen molar-refractivity contribution >= 4 is 15.9 Å². The minimum atomic E-state index is 0.633. The van der Waals surface area contributed by atoms with Gasteiger partial charge in [0.2, 0.25) is 0 Å². The summed E-state index contributed by atoms with van der Waals surface area (Å²) in [5.41, 5.74) is 0. The monoisotopic (exact) mass is 285 g/mol. The third-order valence-corrected chi connectivity index (χ3v) is 3.40. The maximum absolute atomic E-state index is 5.78. The molecule has 1 aliphatic heterocycles. The van der Waals surface area contributed by atoms with Gasteiger partial charge in [-0.05, 0) is 47.1 Å². The zero-order chi connectivity index (χ0) is 11.4. The Kier molecular flexibility index (Phi) is 4.07. The Bertz CT molecular complexity index is 351. The van der Waals surface area contributed by atoms with Crippen LogP contribution in [0.2, 0.25) is 0 Å². The lowest BCUT2D eigenvalue weighted by molar-refractivity contribution is 0.258. The molecule has 2 rings (SSSR count). The molecular formula is C12H16BrNO2. The smallest absolute Gasteiger partial charge is 0.133 e. The number of ether oxygens (including phenoxy) is 2. The van der Waals surface area contributed by atoms with Gasteiger partial charge in [-0.1, -0.05) is 0 Å². The van der Waals surface area contributed by atoms with Gasteiger partial charge in [0, 0.05) is 12.5 Å². The first kappa shape index (κ1) is 11.7. The van der Waals surface area contributed by atoms with Crippen molar-refractivity contribution in [1.29, 1.82) is 0 Å². The fourth-order valence-corrected chi connectivity index (χ4v) is 2.26. The van der Waals surface area contributed by atoms with Gasteiger partial charge in [0.1, 0.15) is 11.5 Å². The Morgan fingerprint density at radius 3 is 3.00 bits per heavy atom. The van der Waals surface area contributed by atoms with Crippen molar-refractivity contribution in [3.05, 3.63) is 22.7 Å². The molecule has 1 aromatic carbocycles. The quantitative estimate of drug-likeness (QED) is 0.922. The molecule has 0 amide bonds. The summed E-state index contributed by atoms with van der Waals surface area (Å²) in [6, 6.07) is 5.76. The van der Waals surface area contributed by atoms with E-state index in [1.54, 1.807) is 7.11 Å². The summed E-state index contributed by atoms with van der Waals surface area (Å²) >= 11 is 3.48. The Morgan fingerprint density at radius 1 is 1.50 bits per heavy atom. The topological polar surface area (TPSA) is 30.5 Å². The highest BCUT2D eigenvalue weighted by Gasteiger charge is 2.15. The highest BCUT2D eigenvalue weighted by atomic mass is 79.9. The SMILES string of the molecule is COc1ccc(OC[C@H]2CCNC2)c(Br)c1. The maximum Gasteiger partial charge on any atom is 0.133 e. The van der Waals surface area contributed by atoms with Crippen molar-refractivity contribution in [3.8, 4) is 11.5 Å². The average molecular weight is 286 g/mol. The summed E-state index contributed by atoms with van der Waals surface area (Å²) in [7, 11) is 1.66. The van der Waals surface area contributed by atoms with Gasteiger partial charge in [-0.15, -0.1) is 0 Å². The standard InChI is InChI=1S/C12H16BrNO2/c1-15-10-2-3-12(11(13)6-10)16-8-9-4-5-14-7-9/h2-3,6,9,14H,4-5,7-8H2,1H3/t9-/m0/s1. The van der Waals surface area contributed by atoms with Gasteiger partial charge >= 0.3 is 0 Å². The van der Waals surface area contributed by atoms with E-state index in [0.29, 0.717) is 5.92 Å². The van der Waals surface area contributed by atoms with E-state index in [4.69, 9.17) is 9.47 Å². The number of hydrogen-bond acceptors (Lipinski definition) is 3. The van der Waals surface area contributed by atoms with E-state index in [2.05, 4.69) is 21.2 Å². The summed E-state index contributed by atoms with van der Waals surface area (Å²) in [5.74, 6) is 2.35. The van der Waals surface area contributed by atoms with E-state index in [1.807, 2.05) is 18.2 Å². The number of halogens is 1. The summed E-state index contributed by atoms with van der Waals surface area (Å²) in [6.45, 7) is 2.95. The highest BCUT2D eigenvalue weighted by molar-refractivity contribution is 9.10. The van der Waals surface area contributed by atoms with Gasteiger partial charge in [0.05, 0.1) is 18.2 Å². The number of methoxy groups -OCH3 is 1. The second-order valence-corrected chi connectivity index (χ2v) is 4.82. The van der Waals surface area contributed by atoms with Crippen molar-refractivity contribution < 1.29 is 9.47 Å². The van der Waals surface area contributed by atoms with E-state index in [1.165, 1.54) is 6.42 Å². The largest absolute Gasteiger partial charge is 0.497 e. The molecule has 1 atom stereocenters. The number of nitrogens with one attached hydrogen (secondary N) is 1. The Hall–Kier alpha value is -0.740. The molecule has 0 spiro atoms. The fourth-order valence-electron chi connectivity index (χ4n) is 1.79. The molecule has 1 aliphatic rings.